The quantitative estimate of drug-likeness (QED) is 0.921. The second kappa shape index (κ2) is 5.45. The van der Waals surface area contributed by atoms with Gasteiger partial charge in [-0.3, -0.25) is 10.1 Å². The highest BCUT2D eigenvalue weighted by atomic mass is 16.2. The number of rotatable bonds is 4. The van der Waals surface area contributed by atoms with Crippen molar-refractivity contribution in [2.45, 2.75) is 65.2 Å². The fourth-order valence-electron chi connectivity index (χ4n) is 3.33. The molecular formula is C18H26N2O. The van der Waals surface area contributed by atoms with Crippen molar-refractivity contribution in [3.8, 4) is 0 Å². The second-order valence-electron chi connectivity index (χ2n) is 7.09. The fraction of sp³-hybridized carbons (Fsp3) is 0.611. The van der Waals surface area contributed by atoms with Crippen molar-refractivity contribution >= 4 is 5.91 Å². The average molecular weight is 286 g/mol. The smallest absolute Gasteiger partial charge is 0.241 e. The van der Waals surface area contributed by atoms with Gasteiger partial charge in [0.05, 0.1) is 6.04 Å². The summed E-state index contributed by atoms with van der Waals surface area (Å²) in [6, 6.07) is 6.97. The summed E-state index contributed by atoms with van der Waals surface area (Å²) in [5, 5.41) is 3.60. The van der Waals surface area contributed by atoms with Gasteiger partial charge in [0.15, 0.2) is 0 Å². The largest absolute Gasteiger partial charge is 0.319 e. The van der Waals surface area contributed by atoms with Crippen molar-refractivity contribution < 1.29 is 4.79 Å². The van der Waals surface area contributed by atoms with E-state index >= 15 is 0 Å². The van der Waals surface area contributed by atoms with Gasteiger partial charge in [0.2, 0.25) is 5.91 Å². The first kappa shape index (κ1) is 14.6. The molecule has 1 saturated heterocycles. The van der Waals surface area contributed by atoms with E-state index in [0.717, 1.165) is 19.3 Å². The van der Waals surface area contributed by atoms with Gasteiger partial charge in [-0.15, -0.1) is 0 Å². The van der Waals surface area contributed by atoms with Crippen molar-refractivity contribution in [2.24, 2.45) is 5.92 Å². The summed E-state index contributed by atoms with van der Waals surface area (Å²) in [4.78, 5) is 14.9. The Kier molecular flexibility index (Phi) is 3.78. The molecule has 1 aliphatic carbocycles. The van der Waals surface area contributed by atoms with Gasteiger partial charge in [0.1, 0.15) is 6.17 Å². The topological polar surface area (TPSA) is 32.3 Å². The molecule has 0 radical (unpaired) electrons. The zero-order valence-electron chi connectivity index (χ0n) is 13.5. The molecular weight excluding hydrogens is 260 g/mol. The molecule has 1 aromatic carbocycles. The summed E-state index contributed by atoms with van der Waals surface area (Å²) in [5.74, 6) is 0.835. The van der Waals surface area contributed by atoms with Gasteiger partial charge in [-0.1, -0.05) is 37.6 Å². The molecule has 3 heteroatoms. The molecule has 1 aliphatic heterocycles. The molecule has 114 valence electrons. The van der Waals surface area contributed by atoms with Crippen molar-refractivity contribution in [3.63, 3.8) is 0 Å². The van der Waals surface area contributed by atoms with E-state index in [1.807, 2.05) is 0 Å². The Morgan fingerprint density at radius 3 is 2.62 bits per heavy atom. The van der Waals surface area contributed by atoms with Crippen LogP contribution < -0.4 is 5.32 Å². The van der Waals surface area contributed by atoms with Gasteiger partial charge in [0.25, 0.3) is 0 Å². The summed E-state index contributed by atoms with van der Waals surface area (Å²) in [6.45, 7) is 8.62. The maximum atomic E-state index is 12.8. The Hall–Kier alpha value is -1.35. The highest BCUT2D eigenvalue weighted by molar-refractivity contribution is 5.85. The minimum absolute atomic E-state index is 0.0180. The number of nitrogens with zero attached hydrogens (tertiary/aromatic N) is 1. The second-order valence-corrected chi connectivity index (χ2v) is 7.09. The lowest BCUT2D eigenvalue weighted by Crippen LogP contribution is -2.33. The molecule has 2 fully saturated rings. The molecule has 3 nitrogen and oxygen atoms in total. The van der Waals surface area contributed by atoms with Crippen molar-refractivity contribution in [2.75, 3.05) is 0 Å². The van der Waals surface area contributed by atoms with Crippen LogP contribution in [0.4, 0.5) is 0 Å². The van der Waals surface area contributed by atoms with Crippen LogP contribution in [0, 0.1) is 19.8 Å². The Balaban J connectivity index is 1.92. The maximum Gasteiger partial charge on any atom is 0.241 e. The lowest BCUT2D eigenvalue weighted by molar-refractivity contribution is -0.130. The molecule has 2 aliphatic rings. The van der Waals surface area contributed by atoms with Crippen LogP contribution in [0.15, 0.2) is 18.2 Å². The number of amides is 1. The van der Waals surface area contributed by atoms with Gasteiger partial charge in [-0.05, 0) is 50.2 Å². The molecule has 2 unspecified atom stereocenters. The zero-order valence-corrected chi connectivity index (χ0v) is 13.5. The van der Waals surface area contributed by atoms with E-state index in [-0.39, 0.29) is 12.2 Å². The fourth-order valence-corrected chi connectivity index (χ4v) is 3.33. The van der Waals surface area contributed by atoms with Gasteiger partial charge < -0.3 is 4.90 Å². The minimum atomic E-state index is -0.0180. The van der Waals surface area contributed by atoms with Crippen LogP contribution in [0.5, 0.6) is 0 Å². The third-order valence-corrected chi connectivity index (χ3v) is 4.57. The zero-order chi connectivity index (χ0) is 15.1. The number of carbonyl (C=O) groups excluding carboxylic acids is 1. The van der Waals surface area contributed by atoms with Crippen LogP contribution in [0.3, 0.4) is 0 Å². The lowest BCUT2D eigenvalue weighted by Gasteiger charge is -2.26. The normalized spacial score (nSPS) is 26.0. The van der Waals surface area contributed by atoms with E-state index in [1.54, 1.807) is 0 Å². The molecule has 1 aromatic rings. The summed E-state index contributed by atoms with van der Waals surface area (Å²) < 4.78 is 0. The van der Waals surface area contributed by atoms with Crippen LogP contribution in [-0.4, -0.2) is 22.9 Å². The van der Waals surface area contributed by atoms with Crippen molar-refractivity contribution in [1.29, 1.82) is 0 Å². The van der Waals surface area contributed by atoms with Gasteiger partial charge >= 0.3 is 0 Å². The number of hydrogen-bond acceptors (Lipinski definition) is 2. The van der Waals surface area contributed by atoms with Gasteiger partial charge in [0, 0.05) is 6.04 Å². The number of carbonyl (C=O) groups is 1. The van der Waals surface area contributed by atoms with E-state index in [2.05, 4.69) is 56.1 Å². The molecule has 21 heavy (non-hydrogen) atoms. The number of hydrogen-bond donors (Lipinski definition) is 1. The monoisotopic (exact) mass is 286 g/mol. The van der Waals surface area contributed by atoms with E-state index in [0.29, 0.717) is 17.9 Å². The standard InChI is InChI=1S/C18H26N2O/c1-11(2)9-16-18(21)20(14-7-8-14)17(19-16)15-10-12(3)5-6-13(15)4/h5-6,10-11,14,16-17,19H,7-9H2,1-4H3. The predicted octanol–water partition coefficient (Wildman–Crippen LogP) is 3.31. The lowest BCUT2D eigenvalue weighted by atomic mass is 10.0. The third-order valence-electron chi connectivity index (χ3n) is 4.57. The minimum Gasteiger partial charge on any atom is -0.319 e. The van der Waals surface area contributed by atoms with Gasteiger partial charge in [-0.25, -0.2) is 0 Å². The van der Waals surface area contributed by atoms with Crippen LogP contribution in [0.1, 0.15) is 56.0 Å². The highest BCUT2D eigenvalue weighted by Crippen LogP contribution is 2.39. The SMILES string of the molecule is Cc1ccc(C)c(C2NC(CC(C)C)C(=O)N2C2CC2)c1. The molecule has 1 saturated carbocycles. The Bertz CT molecular complexity index is 548. The molecule has 1 heterocycles. The van der Waals surface area contributed by atoms with E-state index < -0.39 is 0 Å². The van der Waals surface area contributed by atoms with Crippen LogP contribution >= 0.6 is 0 Å². The Labute approximate surface area is 127 Å². The number of aryl methyl sites for hydroxylation is 2. The number of nitrogens with one attached hydrogen (secondary N) is 1. The van der Waals surface area contributed by atoms with Gasteiger partial charge in [-0.2, -0.15) is 0 Å². The van der Waals surface area contributed by atoms with Crippen LogP contribution in [0.2, 0.25) is 0 Å². The summed E-state index contributed by atoms with van der Waals surface area (Å²) in [7, 11) is 0. The molecule has 0 aromatic heterocycles. The Morgan fingerprint density at radius 1 is 1.29 bits per heavy atom. The first-order valence-electron chi connectivity index (χ1n) is 8.12. The van der Waals surface area contributed by atoms with E-state index in [4.69, 9.17) is 0 Å². The van der Waals surface area contributed by atoms with E-state index in [9.17, 15) is 4.79 Å². The highest BCUT2D eigenvalue weighted by Gasteiger charge is 2.46. The molecule has 3 rings (SSSR count). The first-order valence-corrected chi connectivity index (χ1v) is 8.12. The molecule has 2 atom stereocenters. The average Bonchev–Trinajstić information content (AvgIpc) is 3.19. The third kappa shape index (κ3) is 2.84. The molecule has 0 spiro atoms. The van der Waals surface area contributed by atoms with Crippen molar-refractivity contribution in [1.82, 2.24) is 10.2 Å². The van der Waals surface area contributed by atoms with E-state index in [1.165, 1.54) is 16.7 Å². The molecule has 1 amide bonds. The Morgan fingerprint density at radius 2 is 2.00 bits per heavy atom. The van der Waals surface area contributed by atoms with Crippen LogP contribution in [-0.2, 0) is 4.79 Å². The summed E-state index contributed by atoms with van der Waals surface area (Å²) in [5.41, 5.74) is 3.79. The van der Waals surface area contributed by atoms with Crippen LogP contribution in [0.25, 0.3) is 0 Å². The van der Waals surface area contributed by atoms with Crippen molar-refractivity contribution in [3.05, 3.63) is 34.9 Å². The first-order chi connectivity index (χ1) is 9.97. The molecule has 0 bridgehead atoms. The molecule has 1 N–H and O–H groups in total. The summed E-state index contributed by atoms with van der Waals surface area (Å²) in [6.07, 6.45) is 3.30. The summed E-state index contributed by atoms with van der Waals surface area (Å²) >= 11 is 0. The predicted molar refractivity (Wildman–Crippen MR) is 84.9 cm³/mol. The maximum absolute atomic E-state index is 12.8. The number of benzene rings is 1.